The van der Waals surface area contributed by atoms with Crippen molar-refractivity contribution < 1.29 is 0 Å². The Labute approximate surface area is 104 Å². The Morgan fingerprint density at radius 1 is 0.938 bits per heavy atom. The topological polar surface area (TPSA) is 0 Å². The zero-order chi connectivity index (χ0) is 11.4. The molecule has 16 heavy (non-hydrogen) atoms. The standard InChI is InChI=1S/C13H12Si3/c1-11-7-5-6-10-13(11)16(15-14)12-8-3-2-4-9-12/h2-10H,1H3. The molecule has 0 aromatic heterocycles. The molecule has 0 saturated heterocycles. The highest BCUT2D eigenvalue weighted by molar-refractivity contribution is 7.40. The van der Waals surface area contributed by atoms with Crippen LogP contribution in [0.25, 0.3) is 0 Å². The summed E-state index contributed by atoms with van der Waals surface area (Å²) in [6, 6.07) is 19.6. The van der Waals surface area contributed by atoms with Crippen LogP contribution < -0.4 is 10.4 Å². The lowest BCUT2D eigenvalue weighted by atomic mass is 10.2. The van der Waals surface area contributed by atoms with Crippen molar-refractivity contribution in [2.45, 2.75) is 6.92 Å². The van der Waals surface area contributed by atoms with Gasteiger partial charge in [-0.2, -0.15) is 0 Å². The molecule has 76 valence electrons. The molecule has 0 saturated carbocycles. The number of hydrogen-bond acceptors (Lipinski definition) is 0. The third kappa shape index (κ3) is 2.43. The molecule has 0 aliphatic carbocycles. The molecule has 0 bridgehead atoms. The zero-order valence-corrected chi connectivity index (χ0v) is 12.2. The van der Waals surface area contributed by atoms with Crippen molar-refractivity contribution in [1.29, 1.82) is 0 Å². The molecule has 0 amide bonds. The predicted molar refractivity (Wildman–Crippen MR) is 74.2 cm³/mol. The molecule has 0 aliphatic rings. The molecule has 2 rings (SSSR count). The highest BCUT2D eigenvalue weighted by Gasteiger charge is 2.15. The van der Waals surface area contributed by atoms with Gasteiger partial charge < -0.3 is 0 Å². The van der Waals surface area contributed by atoms with Crippen LogP contribution in [-0.2, 0) is 0 Å². The first-order chi connectivity index (χ1) is 7.83. The van der Waals surface area contributed by atoms with E-state index in [0.29, 0.717) is 0 Å². The number of aryl methyl sites for hydroxylation is 1. The molecular weight excluding hydrogens is 240 g/mol. The van der Waals surface area contributed by atoms with Gasteiger partial charge in [-0.05, 0) is 6.92 Å². The minimum absolute atomic E-state index is 0.628. The summed E-state index contributed by atoms with van der Waals surface area (Å²) >= 11 is 0. The Morgan fingerprint density at radius 3 is 2.19 bits per heavy atom. The van der Waals surface area contributed by atoms with E-state index in [0.717, 1.165) is 8.55 Å². The van der Waals surface area contributed by atoms with E-state index in [9.17, 15) is 0 Å². The molecular formula is C13H12Si3. The van der Waals surface area contributed by atoms with E-state index in [2.05, 4.69) is 71.3 Å². The van der Waals surface area contributed by atoms with Gasteiger partial charge in [-0.3, -0.25) is 0 Å². The number of hydrogen-bond donors (Lipinski definition) is 0. The van der Waals surface area contributed by atoms with Crippen molar-refractivity contribution in [1.82, 2.24) is 0 Å². The average Bonchev–Trinajstić information content (AvgIpc) is 2.34. The fourth-order valence-electron chi connectivity index (χ4n) is 1.75. The summed E-state index contributed by atoms with van der Waals surface area (Å²) < 4.78 is 0. The Kier molecular flexibility index (Phi) is 3.93. The van der Waals surface area contributed by atoms with Crippen LogP contribution in [-0.4, -0.2) is 26.6 Å². The Bertz CT molecular complexity index is 454. The van der Waals surface area contributed by atoms with E-state index in [4.69, 9.17) is 0 Å². The van der Waals surface area contributed by atoms with Gasteiger partial charge in [-0.25, -0.2) is 0 Å². The van der Waals surface area contributed by atoms with Crippen molar-refractivity contribution in [2.75, 3.05) is 0 Å². The van der Waals surface area contributed by atoms with Crippen LogP contribution in [0.1, 0.15) is 5.56 Å². The van der Waals surface area contributed by atoms with Gasteiger partial charge in [0.2, 0.25) is 0 Å². The predicted octanol–water partition coefficient (Wildman–Crippen LogP) is 0.888. The van der Waals surface area contributed by atoms with Gasteiger partial charge in [0.05, 0.1) is 0 Å². The summed E-state index contributed by atoms with van der Waals surface area (Å²) in [7, 11) is 3.93. The fourth-order valence-corrected chi connectivity index (χ4v) is 8.30. The smallest absolute Gasteiger partial charge is 0.0632 e. The molecule has 6 radical (unpaired) electrons. The molecule has 0 fully saturated rings. The normalized spacial score (nSPS) is 10.7. The van der Waals surface area contributed by atoms with E-state index in [1.165, 1.54) is 15.9 Å². The van der Waals surface area contributed by atoms with Crippen molar-refractivity contribution in [2.24, 2.45) is 0 Å². The highest BCUT2D eigenvalue weighted by atomic mass is 29.5. The van der Waals surface area contributed by atoms with E-state index < -0.39 is 8.31 Å². The Morgan fingerprint density at radius 2 is 1.56 bits per heavy atom. The van der Waals surface area contributed by atoms with Gasteiger partial charge in [0.15, 0.2) is 0 Å². The molecule has 2 aromatic carbocycles. The van der Waals surface area contributed by atoms with Crippen LogP contribution in [0.3, 0.4) is 0 Å². The first-order valence-corrected chi connectivity index (χ1v) is 10.2. The third-order valence-electron chi connectivity index (χ3n) is 2.60. The number of benzene rings is 2. The van der Waals surface area contributed by atoms with Crippen molar-refractivity contribution in [3.8, 4) is 0 Å². The molecule has 2 aromatic rings. The lowest BCUT2D eigenvalue weighted by Crippen LogP contribution is -2.49. The molecule has 0 heterocycles. The van der Waals surface area contributed by atoms with Crippen LogP contribution in [0.5, 0.6) is 0 Å². The van der Waals surface area contributed by atoms with Gasteiger partial charge in [-0.1, -0.05) is 70.5 Å². The largest absolute Gasteiger partial charge is 0.103 e. The van der Waals surface area contributed by atoms with Gasteiger partial charge >= 0.3 is 0 Å². The van der Waals surface area contributed by atoms with Crippen molar-refractivity contribution >= 4 is 37.0 Å². The third-order valence-corrected chi connectivity index (χ3v) is 9.54. The minimum Gasteiger partial charge on any atom is -0.0632 e. The zero-order valence-electron chi connectivity index (χ0n) is 9.20. The van der Waals surface area contributed by atoms with E-state index in [1.807, 2.05) is 0 Å². The van der Waals surface area contributed by atoms with E-state index >= 15 is 0 Å². The monoisotopic (exact) mass is 252 g/mol. The van der Waals surface area contributed by atoms with Gasteiger partial charge in [0.1, 0.15) is 8.31 Å². The van der Waals surface area contributed by atoms with Crippen LogP contribution in [0.2, 0.25) is 0 Å². The fraction of sp³-hybridized carbons (Fsp3) is 0.0769. The summed E-state index contributed by atoms with van der Waals surface area (Å²) in [5, 5.41) is 3.00. The molecule has 0 spiro atoms. The minimum atomic E-state index is -0.628. The first-order valence-electron chi connectivity index (χ1n) is 5.24. The van der Waals surface area contributed by atoms with Crippen LogP contribution in [0.15, 0.2) is 54.6 Å². The Balaban J connectivity index is 2.41. The van der Waals surface area contributed by atoms with Crippen molar-refractivity contribution in [3.63, 3.8) is 0 Å². The maximum Gasteiger partial charge on any atom is 0.103 e. The SMILES string of the molecule is Cc1ccccc1[Si]([Si][Si])c1ccccc1. The maximum atomic E-state index is 3.75. The van der Waals surface area contributed by atoms with Gasteiger partial charge in [0, 0.05) is 18.3 Å². The number of rotatable bonds is 3. The van der Waals surface area contributed by atoms with Gasteiger partial charge in [0.25, 0.3) is 0 Å². The van der Waals surface area contributed by atoms with Crippen LogP contribution >= 0.6 is 0 Å². The van der Waals surface area contributed by atoms with Crippen LogP contribution in [0, 0.1) is 6.92 Å². The second-order valence-electron chi connectivity index (χ2n) is 3.68. The molecule has 0 N–H and O–H groups in total. The van der Waals surface area contributed by atoms with E-state index in [1.54, 1.807) is 0 Å². The lowest BCUT2D eigenvalue weighted by Gasteiger charge is -2.15. The van der Waals surface area contributed by atoms with Crippen LogP contribution in [0.4, 0.5) is 0 Å². The average molecular weight is 252 g/mol. The molecule has 0 atom stereocenters. The second-order valence-corrected chi connectivity index (χ2v) is 10.3. The summed E-state index contributed by atoms with van der Waals surface area (Å²) in [6.07, 6.45) is 0. The molecule has 0 nitrogen and oxygen atoms in total. The maximum absolute atomic E-state index is 3.75. The molecule has 0 unspecified atom stereocenters. The lowest BCUT2D eigenvalue weighted by molar-refractivity contribution is 1.51. The summed E-state index contributed by atoms with van der Waals surface area (Å²) in [4.78, 5) is 0. The molecule has 3 heteroatoms. The summed E-state index contributed by atoms with van der Waals surface area (Å²) in [6.45, 7) is 2.20. The van der Waals surface area contributed by atoms with E-state index in [-0.39, 0.29) is 0 Å². The summed E-state index contributed by atoms with van der Waals surface area (Å²) in [5.41, 5.74) is 1.41. The highest BCUT2D eigenvalue weighted by Crippen LogP contribution is 1.97. The quantitative estimate of drug-likeness (QED) is 0.712. The second kappa shape index (κ2) is 5.43. The molecule has 0 aliphatic heterocycles. The Hall–Kier alpha value is -0.909. The van der Waals surface area contributed by atoms with Crippen molar-refractivity contribution in [3.05, 3.63) is 60.2 Å². The first kappa shape index (κ1) is 11.6. The summed E-state index contributed by atoms with van der Waals surface area (Å²) in [5.74, 6) is 0. The van der Waals surface area contributed by atoms with Gasteiger partial charge in [-0.15, -0.1) is 0 Å².